The summed E-state index contributed by atoms with van der Waals surface area (Å²) in [4.78, 5) is 4.04. The van der Waals surface area contributed by atoms with E-state index in [0.717, 1.165) is 18.4 Å². The van der Waals surface area contributed by atoms with Gasteiger partial charge in [0.25, 0.3) is 0 Å². The Kier molecular flexibility index (Phi) is 5.20. The van der Waals surface area contributed by atoms with Gasteiger partial charge in [0.1, 0.15) is 0 Å². The monoisotopic (exact) mass is 275 g/mol. The van der Waals surface area contributed by atoms with Crippen molar-refractivity contribution in [1.29, 1.82) is 0 Å². The molecule has 1 fully saturated rings. The van der Waals surface area contributed by atoms with Gasteiger partial charge >= 0.3 is 0 Å². The Morgan fingerprint density at radius 3 is 2.15 bits per heavy atom. The van der Waals surface area contributed by atoms with Gasteiger partial charge in [0, 0.05) is 12.4 Å². The van der Waals surface area contributed by atoms with Crippen molar-refractivity contribution in [3.05, 3.63) is 30.1 Å². The molecule has 1 aliphatic rings. The zero-order valence-corrected chi connectivity index (χ0v) is 13.4. The summed E-state index contributed by atoms with van der Waals surface area (Å²) in [5.41, 5.74) is 1.75. The summed E-state index contributed by atoms with van der Waals surface area (Å²) < 4.78 is 6.09. The highest BCUT2D eigenvalue weighted by atomic mass is 16.5. The fourth-order valence-corrected chi connectivity index (χ4v) is 3.81. The summed E-state index contributed by atoms with van der Waals surface area (Å²) in [6.45, 7) is 10.3. The molecule has 0 spiro atoms. The fourth-order valence-electron chi connectivity index (χ4n) is 3.81. The lowest BCUT2D eigenvalue weighted by molar-refractivity contribution is -0.0418. The molecular formula is C18H29NO. The summed E-state index contributed by atoms with van der Waals surface area (Å²) >= 11 is 0. The number of aromatic nitrogens is 1. The van der Waals surface area contributed by atoms with Gasteiger partial charge in [0.05, 0.1) is 12.7 Å². The lowest BCUT2D eigenvalue weighted by atomic mass is 9.60. The van der Waals surface area contributed by atoms with Crippen molar-refractivity contribution >= 4 is 0 Å². The molecule has 2 heteroatoms. The summed E-state index contributed by atoms with van der Waals surface area (Å²) in [5.74, 6) is 1.53. The van der Waals surface area contributed by atoms with Crippen LogP contribution in [-0.4, -0.2) is 11.1 Å². The van der Waals surface area contributed by atoms with E-state index in [1.54, 1.807) is 0 Å². The zero-order chi connectivity index (χ0) is 14.6. The van der Waals surface area contributed by atoms with Crippen molar-refractivity contribution in [3.8, 4) is 0 Å². The van der Waals surface area contributed by atoms with Crippen LogP contribution in [0.25, 0.3) is 0 Å². The first kappa shape index (κ1) is 15.5. The second kappa shape index (κ2) is 6.71. The summed E-state index contributed by atoms with van der Waals surface area (Å²) in [5, 5.41) is 0. The van der Waals surface area contributed by atoms with Crippen LogP contribution in [0.5, 0.6) is 0 Å². The third-order valence-corrected chi connectivity index (χ3v) is 5.40. The third-order valence-electron chi connectivity index (χ3n) is 5.40. The molecule has 0 N–H and O–H groups in total. The van der Waals surface area contributed by atoms with Crippen LogP contribution >= 0.6 is 0 Å². The topological polar surface area (TPSA) is 22.1 Å². The highest BCUT2D eigenvalue weighted by Gasteiger charge is 2.40. The molecule has 0 bridgehead atoms. The Hall–Kier alpha value is -0.890. The van der Waals surface area contributed by atoms with Crippen LogP contribution < -0.4 is 0 Å². The van der Waals surface area contributed by atoms with Crippen LogP contribution in [0.4, 0.5) is 0 Å². The molecule has 0 aliphatic heterocycles. The van der Waals surface area contributed by atoms with Crippen molar-refractivity contribution in [2.45, 2.75) is 66.1 Å². The quantitative estimate of drug-likeness (QED) is 0.767. The van der Waals surface area contributed by atoms with Crippen LogP contribution in [0.1, 0.15) is 58.9 Å². The van der Waals surface area contributed by atoms with E-state index in [9.17, 15) is 0 Å². The minimum absolute atomic E-state index is 0.439. The third kappa shape index (κ3) is 3.41. The maximum Gasteiger partial charge on any atom is 0.0721 e. The first-order valence-corrected chi connectivity index (χ1v) is 8.05. The molecule has 0 radical (unpaired) electrons. The molecule has 20 heavy (non-hydrogen) atoms. The lowest BCUT2D eigenvalue weighted by Crippen LogP contribution is -2.39. The van der Waals surface area contributed by atoms with Gasteiger partial charge in [-0.15, -0.1) is 0 Å². The van der Waals surface area contributed by atoms with Gasteiger partial charge in [-0.3, -0.25) is 4.98 Å². The minimum Gasteiger partial charge on any atom is -0.374 e. The Bertz CT molecular complexity index is 381. The maximum absolute atomic E-state index is 6.09. The lowest BCUT2D eigenvalue weighted by Gasteiger charge is -2.46. The van der Waals surface area contributed by atoms with E-state index in [0.29, 0.717) is 11.5 Å². The maximum atomic E-state index is 6.09. The number of pyridine rings is 1. The molecule has 0 unspecified atom stereocenters. The summed E-state index contributed by atoms with van der Waals surface area (Å²) in [6, 6.07) is 4.07. The number of hydrogen-bond acceptors (Lipinski definition) is 2. The van der Waals surface area contributed by atoms with E-state index in [4.69, 9.17) is 4.74 Å². The predicted octanol–water partition coefficient (Wildman–Crippen LogP) is 4.84. The Morgan fingerprint density at radius 2 is 1.65 bits per heavy atom. The van der Waals surface area contributed by atoms with Gasteiger partial charge in [0.15, 0.2) is 0 Å². The van der Waals surface area contributed by atoms with Crippen molar-refractivity contribution in [2.24, 2.45) is 17.3 Å². The second-order valence-electron chi connectivity index (χ2n) is 6.91. The predicted molar refractivity (Wildman–Crippen MR) is 83.4 cm³/mol. The second-order valence-corrected chi connectivity index (χ2v) is 6.91. The number of ether oxygens (including phenoxy) is 1. The van der Waals surface area contributed by atoms with E-state index in [1.165, 1.54) is 31.2 Å². The molecule has 2 rings (SSSR count). The van der Waals surface area contributed by atoms with E-state index < -0.39 is 0 Å². The molecule has 0 aromatic carbocycles. The minimum atomic E-state index is 0.439. The molecule has 1 saturated carbocycles. The van der Waals surface area contributed by atoms with Gasteiger partial charge < -0.3 is 4.74 Å². The molecule has 1 aromatic rings. The van der Waals surface area contributed by atoms with Crippen molar-refractivity contribution in [2.75, 3.05) is 0 Å². The molecular weight excluding hydrogens is 246 g/mol. The van der Waals surface area contributed by atoms with Crippen LogP contribution in [0.2, 0.25) is 0 Å². The first-order chi connectivity index (χ1) is 9.54. The zero-order valence-electron chi connectivity index (χ0n) is 13.4. The molecule has 0 amide bonds. The largest absolute Gasteiger partial charge is 0.374 e. The van der Waals surface area contributed by atoms with Crippen molar-refractivity contribution in [3.63, 3.8) is 0 Å². The van der Waals surface area contributed by atoms with Crippen LogP contribution in [0.3, 0.4) is 0 Å². The van der Waals surface area contributed by atoms with Crippen LogP contribution in [-0.2, 0) is 11.3 Å². The number of rotatable bonds is 5. The smallest absolute Gasteiger partial charge is 0.0721 e. The van der Waals surface area contributed by atoms with E-state index in [1.807, 2.05) is 24.5 Å². The SMILES string of the molecule is CC(C)C1(C(C)C)CCC(OCc2ccncc2)CC1. The fraction of sp³-hybridized carbons (Fsp3) is 0.722. The first-order valence-electron chi connectivity index (χ1n) is 8.05. The summed E-state index contributed by atoms with van der Waals surface area (Å²) in [7, 11) is 0. The number of hydrogen-bond donors (Lipinski definition) is 0. The average molecular weight is 275 g/mol. The van der Waals surface area contributed by atoms with Crippen LogP contribution in [0.15, 0.2) is 24.5 Å². The van der Waals surface area contributed by atoms with Gasteiger partial charge in [-0.2, -0.15) is 0 Å². The summed E-state index contributed by atoms with van der Waals surface area (Å²) in [6.07, 6.45) is 9.15. The van der Waals surface area contributed by atoms with Crippen molar-refractivity contribution in [1.82, 2.24) is 4.98 Å². The van der Waals surface area contributed by atoms with Gasteiger partial charge in [-0.1, -0.05) is 27.7 Å². The molecule has 0 saturated heterocycles. The highest BCUT2D eigenvalue weighted by Crippen LogP contribution is 2.48. The van der Waals surface area contributed by atoms with Gasteiger partial charge in [-0.05, 0) is 60.6 Å². The van der Waals surface area contributed by atoms with E-state index in [2.05, 4.69) is 32.7 Å². The molecule has 0 atom stereocenters. The molecule has 1 heterocycles. The Morgan fingerprint density at radius 1 is 1.10 bits per heavy atom. The molecule has 1 aromatic heterocycles. The highest BCUT2D eigenvalue weighted by molar-refractivity contribution is 5.08. The number of nitrogens with zero attached hydrogens (tertiary/aromatic N) is 1. The molecule has 112 valence electrons. The Balaban J connectivity index is 1.85. The molecule has 2 nitrogen and oxygen atoms in total. The van der Waals surface area contributed by atoms with Gasteiger partial charge in [0.2, 0.25) is 0 Å². The van der Waals surface area contributed by atoms with E-state index in [-0.39, 0.29) is 0 Å². The van der Waals surface area contributed by atoms with Crippen molar-refractivity contribution < 1.29 is 4.74 Å². The van der Waals surface area contributed by atoms with Gasteiger partial charge in [-0.25, -0.2) is 0 Å². The van der Waals surface area contributed by atoms with E-state index >= 15 is 0 Å². The average Bonchev–Trinajstić information content (AvgIpc) is 2.46. The normalized spacial score (nSPS) is 19.7. The molecule has 1 aliphatic carbocycles. The van der Waals surface area contributed by atoms with Crippen LogP contribution in [0, 0.1) is 17.3 Å². The Labute approximate surface area is 124 Å². The standard InChI is InChI=1S/C18H29NO/c1-14(2)18(15(3)4)9-5-17(6-10-18)20-13-16-7-11-19-12-8-16/h7-8,11-12,14-15,17H,5-6,9-10,13H2,1-4H3.